The first kappa shape index (κ1) is 10.8. The minimum Gasteiger partial charge on any atom is -0.319 e. The number of hydrogen-bond donors (Lipinski definition) is 2. The van der Waals surface area contributed by atoms with Crippen molar-refractivity contribution in [3.8, 4) is 11.3 Å². The molecule has 4 heteroatoms. The molecule has 0 aliphatic rings. The SMILES string of the molecule is CNCCc1cc(-c2ccc(F)cc2)n[nH]1. The first-order valence-electron chi connectivity index (χ1n) is 5.24. The van der Waals surface area contributed by atoms with E-state index in [2.05, 4.69) is 15.5 Å². The highest BCUT2D eigenvalue weighted by Crippen LogP contribution is 2.17. The van der Waals surface area contributed by atoms with Crippen LogP contribution in [0, 0.1) is 5.82 Å². The summed E-state index contributed by atoms with van der Waals surface area (Å²) in [5, 5.41) is 10.2. The van der Waals surface area contributed by atoms with Gasteiger partial charge in [0.1, 0.15) is 5.82 Å². The maximum Gasteiger partial charge on any atom is 0.123 e. The van der Waals surface area contributed by atoms with Crippen molar-refractivity contribution >= 4 is 0 Å². The molecule has 0 bridgehead atoms. The number of rotatable bonds is 4. The fraction of sp³-hybridized carbons (Fsp3) is 0.250. The van der Waals surface area contributed by atoms with Gasteiger partial charge in [-0.25, -0.2) is 4.39 Å². The van der Waals surface area contributed by atoms with E-state index in [9.17, 15) is 4.39 Å². The van der Waals surface area contributed by atoms with E-state index in [0.717, 1.165) is 29.9 Å². The van der Waals surface area contributed by atoms with E-state index in [-0.39, 0.29) is 5.82 Å². The molecule has 0 unspecified atom stereocenters. The second-order valence-corrected chi connectivity index (χ2v) is 3.64. The van der Waals surface area contributed by atoms with Gasteiger partial charge in [-0.3, -0.25) is 5.10 Å². The lowest BCUT2D eigenvalue weighted by Crippen LogP contribution is -2.10. The molecule has 1 heterocycles. The number of aromatic nitrogens is 2. The average Bonchev–Trinajstić information content (AvgIpc) is 2.76. The van der Waals surface area contributed by atoms with Gasteiger partial charge in [0, 0.05) is 24.2 Å². The Morgan fingerprint density at radius 3 is 2.75 bits per heavy atom. The summed E-state index contributed by atoms with van der Waals surface area (Å²) in [5.41, 5.74) is 2.85. The third-order valence-electron chi connectivity index (χ3n) is 2.42. The molecule has 0 atom stereocenters. The molecule has 2 rings (SSSR count). The Morgan fingerprint density at radius 1 is 1.31 bits per heavy atom. The van der Waals surface area contributed by atoms with Crippen molar-refractivity contribution in [3.05, 3.63) is 41.8 Å². The second kappa shape index (κ2) is 4.90. The predicted molar refractivity (Wildman–Crippen MR) is 61.6 cm³/mol. The van der Waals surface area contributed by atoms with Crippen LogP contribution in [0.3, 0.4) is 0 Å². The molecule has 2 aromatic rings. The van der Waals surface area contributed by atoms with Crippen LogP contribution in [0.25, 0.3) is 11.3 Å². The highest BCUT2D eigenvalue weighted by atomic mass is 19.1. The number of hydrogen-bond acceptors (Lipinski definition) is 2. The van der Waals surface area contributed by atoms with Crippen LogP contribution in [-0.2, 0) is 6.42 Å². The number of H-pyrrole nitrogens is 1. The summed E-state index contributed by atoms with van der Waals surface area (Å²) in [7, 11) is 1.91. The number of nitrogens with zero attached hydrogens (tertiary/aromatic N) is 1. The number of benzene rings is 1. The van der Waals surface area contributed by atoms with E-state index in [4.69, 9.17) is 0 Å². The van der Waals surface area contributed by atoms with Crippen LogP contribution >= 0.6 is 0 Å². The standard InChI is InChI=1S/C12H14FN3/c1-14-7-6-11-8-12(16-15-11)9-2-4-10(13)5-3-9/h2-5,8,14H,6-7H2,1H3,(H,15,16). The van der Waals surface area contributed by atoms with Gasteiger partial charge in [-0.05, 0) is 37.4 Å². The number of likely N-dealkylation sites (N-methyl/N-ethyl adjacent to an activating group) is 1. The van der Waals surface area contributed by atoms with Gasteiger partial charge in [0.05, 0.1) is 5.69 Å². The van der Waals surface area contributed by atoms with Gasteiger partial charge in [-0.1, -0.05) is 0 Å². The molecule has 0 aliphatic carbocycles. The Hall–Kier alpha value is -1.68. The van der Waals surface area contributed by atoms with Crippen LogP contribution in [0.1, 0.15) is 5.69 Å². The quantitative estimate of drug-likeness (QED) is 0.825. The first-order valence-corrected chi connectivity index (χ1v) is 5.24. The summed E-state index contributed by atoms with van der Waals surface area (Å²) in [6.07, 6.45) is 0.907. The van der Waals surface area contributed by atoms with Crippen molar-refractivity contribution in [2.75, 3.05) is 13.6 Å². The summed E-state index contributed by atoms with van der Waals surface area (Å²) in [6.45, 7) is 0.908. The maximum absolute atomic E-state index is 12.7. The van der Waals surface area contributed by atoms with Crippen molar-refractivity contribution in [1.29, 1.82) is 0 Å². The van der Waals surface area contributed by atoms with Crippen molar-refractivity contribution < 1.29 is 4.39 Å². The zero-order chi connectivity index (χ0) is 11.4. The molecule has 1 aromatic heterocycles. The zero-order valence-electron chi connectivity index (χ0n) is 9.13. The molecule has 2 N–H and O–H groups in total. The molecule has 0 aliphatic heterocycles. The van der Waals surface area contributed by atoms with Crippen molar-refractivity contribution in [3.63, 3.8) is 0 Å². The first-order chi connectivity index (χ1) is 7.79. The Balaban J connectivity index is 2.15. The monoisotopic (exact) mass is 219 g/mol. The van der Waals surface area contributed by atoms with E-state index in [1.165, 1.54) is 12.1 Å². The average molecular weight is 219 g/mol. The summed E-state index contributed by atoms with van der Waals surface area (Å²) in [6, 6.07) is 8.33. The normalized spacial score (nSPS) is 10.6. The predicted octanol–water partition coefficient (Wildman–Crippen LogP) is 1.98. The van der Waals surface area contributed by atoms with Gasteiger partial charge in [0.15, 0.2) is 0 Å². The Kier molecular flexibility index (Phi) is 3.31. The lowest BCUT2D eigenvalue weighted by molar-refractivity contribution is 0.628. The van der Waals surface area contributed by atoms with Crippen LogP contribution < -0.4 is 5.32 Å². The highest BCUT2D eigenvalue weighted by Gasteiger charge is 2.03. The van der Waals surface area contributed by atoms with Crippen LogP contribution in [-0.4, -0.2) is 23.8 Å². The number of nitrogens with one attached hydrogen (secondary N) is 2. The van der Waals surface area contributed by atoms with Crippen LogP contribution in [0.2, 0.25) is 0 Å². The van der Waals surface area contributed by atoms with Crippen molar-refractivity contribution in [2.24, 2.45) is 0 Å². The molecule has 0 radical (unpaired) electrons. The molecular weight excluding hydrogens is 205 g/mol. The molecule has 3 nitrogen and oxygen atoms in total. The summed E-state index contributed by atoms with van der Waals surface area (Å²) < 4.78 is 12.7. The van der Waals surface area contributed by atoms with Crippen LogP contribution in [0.5, 0.6) is 0 Å². The number of aromatic amines is 1. The fourth-order valence-electron chi connectivity index (χ4n) is 1.52. The number of halogens is 1. The smallest absolute Gasteiger partial charge is 0.123 e. The maximum atomic E-state index is 12.7. The Morgan fingerprint density at radius 2 is 2.06 bits per heavy atom. The molecule has 1 aromatic carbocycles. The molecule has 0 spiro atoms. The van der Waals surface area contributed by atoms with Gasteiger partial charge in [0.25, 0.3) is 0 Å². The van der Waals surface area contributed by atoms with E-state index in [1.54, 1.807) is 12.1 Å². The van der Waals surface area contributed by atoms with Crippen LogP contribution in [0.15, 0.2) is 30.3 Å². The Labute approximate surface area is 93.7 Å². The largest absolute Gasteiger partial charge is 0.319 e. The van der Waals surface area contributed by atoms with Crippen molar-refractivity contribution in [1.82, 2.24) is 15.5 Å². The minimum absolute atomic E-state index is 0.227. The Bertz CT molecular complexity index is 448. The molecule has 84 valence electrons. The molecule has 0 saturated carbocycles. The minimum atomic E-state index is -0.227. The summed E-state index contributed by atoms with van der Waals surface area (Å²) >= 11 is 0. The van der Waals surface area contributed by atoms with Gasteiger partial charge >= 0.3 is 0 Å². The summed E-state index contributed by atoms with van der Waals surface area (Å²) in [5.74, 6) is -0.227. The van der Waals surface area contributed by atoms with E-state index in [0.29, 0.717) is 0 Å². The van der Waals surface area contributed by atoms with Gasteiger partial charge in [0.2, 0.25) is 0 Å². The molecule has 0 fully saturated rings. The van der Waals surface area contributed by atoms with E-state index < -0.39 is 0 Å². The molecule has 0 saturated heterocycles. The molecular formula is C12H14FN3. The van der Waals surface area contributed by atoms with Gasteiger partial charge in [-0.2, -0.15) is 5.10 Å². The van der Waals surface area contributed by atoms with E-state index in [1.807, 2.05) is 13.1 Å². The second-order valence-electron chi connectivity index (χ2n) is 3.64. The molecule has 0 amide bonds. The third kappa shape index (κ3) is 2.46. The molecule has 16 heavy (non-hydrogen) atoms. The lowest BCUT2D eigenvalue weighted by Gasteiger charge is -1.95. The topological polar surface area (TPSA) is 40.7 Å². The van der Waals surface area contributed by atoms with Gasteiger partial charge in [-0.15, -0.1) is 0 Å². The fourth-order valence-corrected chi connectivity index (χ4v) is 1.52. The zero-order valence-corrected chi connectivity index (χ0v) is 9.13. The summed E-state index contributed by atoms with van der Waals surface area (Å²) in [4.78, 5) is 0. The third-order valence-corrected chi connectivity index (χ3v) is 2.42. The van der Waals surface area contributed by atoms with Gasteiger partial charge < -0.3 is 5.32 Å². The van der Waals surface area contributed by atoms with E-state index >= 15 is 0 Å². The van der Waals surface area contributed by atoms with Crippen LogP contribution in [0.4, 0.5) is 4.39 Å². The van der Waals surface area contributed by atoms with Crippen molar-refractivity contribution in [2.45, 2.75) is 6.42 Å². The lowest BCUT2D eigenvalue weighted by atomic mass is 10.1. The highest BCUT2D eigenvalue weighted by molar-refractivity contribution is 5.58.